The normalized spacial score (nSPS) is 27.9. The lowest BCUT2D eigenvalue weighted by Gasteiger charge is -2.37. The van der Waals surface area contributed by atoms with Crippen molar-refractivity contribution in [3.05, 3.63) is 0 Å². The van der Waals surface area contributed by atoms with Gasteiger partial charge in [0.25, 0.3) is 0 Å². The van der Waals surface area contributed by atoms with Crippen LogP contribution < -0.4 is 5.32 Å². The van der Waals surface area contributed by atoms with E-state index in [1.165, 1.54) is 38.5 Å². The van der Waals surface area contributed by atoms with E-state index in [9.17, 15) is 0 Å². The van der Waals surface area contributed by atoms with Crippen LogP contribution in [0.3, 0.4) is 0 Å². The highest BCUT2D eigenvalue weighted by Gasteiger charge is 2.31. The molecule has 0 radical (unpaired) electrons. The Morgan fingerprint density at radius 3 is 2.63 bits per heavy atom. The van der Waals surface area contributed by atoms with E-state index in [0.717, 1.165) is 37.5 Å². The third-order valence-corrected chi connectivity index (χ3v) is 4.54. The van der Waals surface area contributed by atoms with E-state index < -0.39 is 0 Å². The zero-order valence-electron chi connectivity index (χ0n) is 13.6. The Kier molecular flexibility index (Phi) is 8.72. The molecule has 0 saturated heterocycles. The maximum Gasteiger partial charge on any atom is 0.0608 e. The molecule has 0 aromatic rings. The fraction of sp³-hybridized carbons (Fsp3) is 1.00. The molecule has 3 unspecified atom stereocenters. The van der Waals surface area contributed by atoms with Gasteiger partial charge in [0.05, 0.1) is 6.10 Å². The van der Waals surface area contributed by atoms with Gasteiger partial charge < -0.3 is 10.1 Å². The average molecular weight is 269 g/mol. The lowest BCUT2D eigenvalue weighted by atomic mass is 9.75. The van der Waals surface area contributed by atoms with Crippen molar-refractivity contribution in [2.24, 2.45) is 17.8 Å². The molecule has 1 N–H and O–H groups in total. The van der Waals surface area contributed by atoms with Crippen LogP contribution in [0.25, 0.3) is 0 Å². The summed E-state index contributed by atoms with van der Waals surface area (Å²) in [6, 6.07) is 0. The molecule has 0 aromatic heterocycles. The number of ether oxygens (including phenoxy) is 1. The molecular weight excluding hydrogens is 234 g/mol. The average Bonchev–Trinajstić information content (AvgIpc) is 2.37. The maximum atomic E-state index is 6.21. The quantitative estimate of drug-likeness (QED) is 0.632. The fourth-order valence-electron chi connectivity index (χ4n) is 3.25. The summed E-state index contributed by atoms with van der Waals surface area (Å²) in [6.07, 6.45) is 8.36. The van der Waals surface area contributed by atoms with Gasteiger partial charge in [0.1, 0.15) is 0 Å². The maximum absolute atomic E-state index is 6.21. The van der Waals surface area contributed by atoms with Crippen molar-refractivity contribution in [2.45, 2.75) is 72.3 Å². The van der Waals surface area contributed by atoms with Gasteiger partial charge in [-0.25, -0.2) is 0 Å². The highest BCUT2D eigenvalue weighted by Crippen LogP contribution is 2.35. The van der Waals surface area contributed by atoms with E-state index in [0.29, 0.717) is 6.10 Å². The first-order chi connectivity index (χ1) is 9.15. The minimum Gasteiger partial charge on any atom is -0.378 e. The Hall–Kier alpha value is -0.0800. The molecule has 0 heterocycles. The predicted molar refractivity (Wildman–Crippen MR) is 83.5 cm³/mol. The summed E-state index contributed by atoms with van der Waals surface area (Å²) in [5, 5.41) is 3.38. The smallest absolute Gasteiger partial charge is 0.0608 e. The molecule has 0 spiro atoms. The first-order valence-corrected chi connectivity index (χ1v) is 8.47. The second-order valence-corrected chi connectivity index (χ2v) is 6.65. The molecule has 1 aliphatic carbocycles. The minimum atomic E-state index is 0.525. The van der Waals surface area contributed by atoms with Gasteiger partial charge in [0.15, 0.2) is 0 Å². The molecule has 0 bridgehead atoms. The van der Waals surface area contributed by atoms with Gasteiger partial charge in [0, 0.05) is 6.61 Å². The van der Waals surface area contributed by atoms with Gasteiger partial charge in [-0.3, -0.25) is 0 Å². The Morgan fingerprint density at radius 1 is 1.16 bits per heavy atom. The van der Waals surface area contributed by atoms with E-state index in [4.69, 9.17) is 4.74 Å². The van der Waals surface area contributed by atoms with Gasteiger partial charge in [-0.05, 0) is 62.9 Å². The molecule has 1 rings (SSSR count). The summed E-state index contributed by atoms with van der Waals surface area (Å²) >= 11 is 0. The number of rotatable bonds is 9. The molecule has 1 aliphatic rings. The van der Waals surface area contributed by atoms with Crippen LogP contribution in [0.4, 0.5) is 0 Å². The molecule has 1 fully saturated rings. The topological polar surface area (TPSA) is 21.3 Å². The van der Waals surface area contributed by atoms with Crippen LogP contribution >= 0.6 is 0 Å². The van der Waals surface area contributed by atoms with Gasteiger partial charge in [0.2, 0.25) is 0 Å². The molecule has 3 atom stereocenters. The first-order valence-electron chi connectivity index (χ1n) is 8.47. The summed E-state index contributed by atoms with van der Waals surface area (Å²) in [7, 11) is 0. The Morgan fingerprint density at radius 2 is 1.95 bits per heavy atom. The number of nitrogens with one attached hydrogen (secondary N) is 1. The summed E-state index contributed by atoms with van der Waals surface area (Å²) in [5.74, 6) is 2.41. The van der Waals surface area contributed by atoms with Gasteiger partial charge >= 0.3 is 0 Å². The fourth-order valence-corrected chi connectivity index (χ4v) is 3.25. The van der Waals surface area contributed by atoms with Crippen molar-refractivity contribution in [3.63, 3.8) is 0 Å². The Balaban J connectivity index is 2.14. The van der Waals surface area contributed by atoms with Crippen LogP contribution in [0, 0.1) is 17.8 Å². The first kappa shape index (κ1) is 17.0. The molecule has 0 amide bonds. The summed E-state index contributed by atoms with van der Waals surface area (Å²) in [4.78, 5) is 0. The van der Waals surface area contributed by atoms with Crippen LogP contribution in [0.15, 0.2) is 0 Å². The standard InChI is InChI=1S/C17H35NO/c1-5-18-11-7-6-8-12-19-17-13-15(4)9-10-16(17)14(2)3/h14-18H,5-13H2,1-4H3. The molecule has 114 valence electrons. The van der Waals surface area contributed by atoms with E-state index in [1.807, 2.05) is 0 Å². The molecular formula is C17H35NO. The van der Waals surface area contributed by atoms with Crippen molar-refractivity contribution >= 4 is 0 Å². The van der Waals surface area contributed by atoms with E-state index >= 15 is 0 Å². The Bertz CT molecular complexity index is 217. The predicted octanol–water partition coefficient (Wildman–Crippen LogP) is 4.24. The zero-order chi connectivity index (χ0) is 14.1. The van der Waals surface area contributed by atoms with Gasteiger partial charge in [-0.15, -0.1) is 0 Å². The molecule has 2 nitrogen and oxygen atoms in total. The molecule has 0 aliphatic heterocycles. The summed E-state index contributed by atoms with van der Waals surface area (Å²) in [5.41, 5.74) is 0. The van der Waals surface area contributed by atoms with Gasteiger partial charge in [-0.2, -0.15) is 0 Å². The van der Waals surface area contributed by atoms with E-state index in [2.05, 4.69) is 33.0 Å². The highest BCUT2D eigenvalue weighted by atomic mass is 16.5. The zero-order valence-corrected chi connectivity index (χ0v) is 13.6. The van der Waals surface area contributed by atoms with Crippen molar-refractivity contribution in [1.29, 1.82) is 0 Å². The van der Waals surface area contributed by atoms with Crippen LogP contribution in [-0.4, -0.2) is 25.8 Å². The van der Waals surface area contributed by atoms with Crippen molar-refractivity contribution < 1.29 is 4.74 Å². The van der Waals surface area contributed by atoms with Crippen LogP contribution in [0.5, 0.6) is 0 Å². The third kappa shape index (κ3) is 6.76. The molecule has 1 saturated carbocycles. The monoisotopic (exact) mass is 269 g/mol. The third-order valence-electron chi connectivity index (χ3n) is 4.54. The lowest BCUT2D eigenvalue weighted by Crippen LogP contribution is -2.34. The Labute approximate surface area is 120 Å². The van der Waals surface area contributed by atoms with E-state index in [-0.39, 0.29) is 0 Å². The largest absolute Gasteiger partial charge is 0.378 e. The molecule has 19 heavy (non-hydrogen) atoms. The van der Waals surface area contributed by atoms with Crippen LogP contribution in [0.1, 0.15) is 66.2 Å². The van der Waals surface area contributed by atoms with Crippen molar-refractivity contribution in [2.75, 3.05) is 19.7 Å². The second-order valence-electron chi connectivity index (χ2n) is 6.65. The van der Waals surface area contributed by atoms with Crippen LogP contribution in [-0.2, 0) is 4.74 Å². The SMILES string of the molecule is CCNCCCCCOC1CC(C)CCC1C(C)C. The van der Waals surface area contributed by atoms with Crippen LogP contribution in [0.2, 0.25) is 0 Å². The summed E-state index contributed by atoms with van der Waals surface area (Å²) < 4.78 is 6.21. The molecule has 2 heteroatoms. The molecule has 0 aromatic carbocycles. The van der Waals surface area contributed by atoms with Crippen molar-refractivity contribution in [3.8, 4) is 0 Å². The lowest BCUT2D eigenvalue weighted by molar-refractivity contribution is -0.0394. The number of hydrogen-bond donors (Lipinski definition) is 1. The highest BCUT2D eigenvalue weighted by molar-refractivity contribution is 4.81. The minimum absolute atomic E-state index is 0.525. The summed E-state index contributed by atoms with van der Waals surface area (Å²) in [6.45, 7) is 12.5. The second kappa shape index (κ2) is 9.77. The number of hydrogen-bond acceptors (Lipinski definition) is 2. The van der Waals surface area contributed by atoms with Gasteiger partial charge in [-0.1, -0.05) is 34.1 Å². The van der Waals surface area contributed by atoms with Crippen molar-refractivity contribution in [1.82, 2.24) is 5.32 Å². The number of unbranched alkanes of at least 4 members (excludes halogenated alkanes) is 2. The van der Waals surface area contributed by atoms with E-state index in [1.54, 1.807) is 0 Å².